The zero-order valence-corrected chi connectivity index (χ0v) is 13.1. The van der Waals surface area contributed by atoms with E-state index < -0.39 is 0 Å². The molecule has 2 heterocycles. The highest BCUT2D eigenvalue weighted by molar-refractivity contribution is 7.14. The standard InChI is InChI=1S/C17H20N2OS/c1-12-7-6-10-18-16(12)19-17(20)15-11-13-8-4-2-3-5-9-14(13)21-15/h6-7,10-11H,2-5,8-9H2,1H3,(H,18,19,20). The van der Waals surface area contributed by atoms with Crippen molar-refractivity contribution in [1.82, 2.24) is 4.98 Å². The first kappa shape index (κ1) is 14.3. The second-order valence-corrected chi connectivity index (χ2v) is 6.73. The van der Waals surface area contributed by atoms with Gasteiger partial charge in [0.2, 0.25) is 0 Å². The van der Waals surface area contributed by atoms with Crippen molar-refractivity contribution >= 4 is 23.1 Å². The van der Waals surface area contributed by atoms with Crippen molar-refractivity contribution in [1.29, 1.82) is 0 Å². The molecule has 0 aliphatic heterocycles. The van der Waals surface area contributed by atoms with E-state index in [1.807, 2.05) is 19.1 Å². The van der Waals surface area contributed by atoms with Crippen LogP contribution in [-0.2, 0) is 12.8 Å². The molecule has 0 spiro atoms. The first-order valence-corrected chi connectivity index (χ1v) is 8.40. The van der Waals surface area contributed by atoms with Gasteiger partial charge in [0, 0.05) is 11.1 Å². The van der Waals surface area contributed by atoms with Crippen molar-refractivity contribution in [2.75, 3.05) is 5.32 Å². The quantitative estimate of drug-likeness (QED) is 0.895. The molecule has 0 bridgehead atoms. The number of pyridine rings is 1. The van der Waals surface area contributed by atoms with E-state index in [0.717, 1.165) is 23.3 Å². The Hall–Kier alpha value is -1.68. The van der Waals surface area contributed by atoms with E-state index in [1.165, 1.54) is 36.1 Å². The van der Waals surface area contributed by atoms with Gasteiger partial charge in [-0.25, -0.2) is 4.98 Å². The lowest BCUT2D eigenvalue weighted by molar-refractivity contribution is 0.103. The first-order chi connectivity index (χ1) is 10.2. The third-order valence-electron chi connectivity index (χ3n) is 3.96. The lowest BCUT2D eigenvalue weighted by atomic mass is 10.00. The highest BCUT2D eigenvalue weighted by Crippen LogP contribution is 2.29. The maximum absolute atomic E-state index is 12.4. The van der Waals surface area contributed by atoms with Crippen LogP contribution in [0.25, 0.3) is 0 Å². The molecule has 0 radical (unpaired) electrons. The molecular formula is C17H20N2OS. The molecule has 0 saturated carbocycles. The Morgan fingerprint density at radius 1 is 1.24 bits per heavy atom. The van der Waals surface area contributed by atoms with Crippen LogP contribution in [0.1, 0.15) is 51.4 Å². The minimum Gasteiger partial charge on any atom is -0.306 e. The number of nitrogens with one attached hydrogen (secondary N) is 1. The Morgan fingerprint density at radius 3 is 2.86 bits per heavy atom. The van der Waals surface area contributed by atoms with E-state index in [9.17, 15) is 4.79 Å². The first-order valence-electron chi connectivity index (χ1n) is 7.58. The highest BCUT2D eigenvalue weighted by atomic mass is 32.1. The van der Waals surface area contributed by atoms with Gasteiger partial charge in [0.1, 0.15) is 5.82 Å². The van der Waals surface area contributed by atoms with Crippen LogP contribution >= 0.6 is 11.3 Å². The van der Waals surface area contributed by atoms with Crippen LogP contribution in [0.3, 0.4) is 0 Å². The monoisotopic (exact) mass is 300 g/mol. The fraction of sp³-hybridized carbons (Fsp3) is 0.412. The number of aryl methyl sites for hydroxylation is 3. The van der Waals surface area contributed by atoms with Crippen LogP contribution in [0.4, 0.5) is 5.82 Å². The van der Waals surface area contributed by atoms with E-state index in [0.29, 0.717) is 5.82 Å². The Morgan fingerprint density at radius 2 is 2.05 bits per heavy atom. The van der Waals surface area contributed by atoms with Gasteiger partial charge in [0.05, 0.1) is 4.88 Å². The molecule has 0 aromatic carbocycles. The van der Waals surface area contributed by atoms with Crippen LogP contribution in [0.15, 0.2) is 24.4 Å². The lowest BCUT2D eigenvalue weighted by Crippen LogP contribution is -2.12. The molecule has 3 nitrogen and oxygen atoms in total. The average Bonchev–Trinajstić information content (AvgIpc) is 2.84. The molecule has 1 aliphatic carbocycles. The van der Waals surface area contributed by atoms with Gasteiger partial charge in [-0.2, -0.15) is 0 Å². The summed E-state index contributed by atoms with van der Waals surface area (Å²) >= 11 is 1.65. The second-order valence-electron chi connectivity index (χ2n) is 5.60. The van der Waals surface area contributed by atoms with Gasteiger partial charge in [-0.3, -0.25) is 4.79 Å². The predicted molar refractivity (Wildman–Crippen MR) is 87.1 cm³/mol. The smallest absolute Gasteiger partial charge is 0.266 e. The number of carbonyl (C=O) groups is 1. The van der Waals surface area contributed by atoms with Crippen molar-refractivity contribution in [3.63, 3.8) is 0 Å². The Bertz CT molecular complexity index is 622. The van der Waals surface area contributed by atoms with Gasteiger partial charge in [0.25, 0.3) is 5.91 Å². The minimum absolute atomic E-state index is 0.0338. The number of nitrogens with zero attached hydrogens (tertiary/aromatic N) is 1. The predicted octanol–water partition coefficient (Wildman–Crippen LogP) is 4.36. The highest BCUT2D eigenvalue weighted by Gasteiger charge is 2.16. The van der Waals surface area contributed by atoms with Crippen LogP contribution in [0.5, 0.6) is 0 Å². The molecule has 3 rings (SSSR count). The van der Waals surface area contributed by atoms with Crippen molar-refractivity contribution < 1.29 is 4.79 Å². The molecule has 2 aromatic rings. The Balaban J connectivity index is 1.79. The molecule has 0 fully saturated rings. The molecule has 0 atom stereocenters. The normalized spacial score (nSPS) is 14.9. The fourth-order valence-electron chi connectivity index (χ4n) is 2.74. The van der Waals surface area contributed by atoms with Gasteiger partial charge in [-0.15, -0.1) is 11.3 Å². The third kappa shape index (κ3) is 3.32. The largest absolute Gasteiger partial charge is 0.306 e. The fourth-order valence-corrected chi connectivity index (χ4v) is 3.89. The van der Waals surface area contributed by atoms with Crippen LogP contribution < -0.4 is 5.32 Å². The number of amides is 1. The maximum atomic E-state index is 12.4. The molecule has 1 amide bonds. The summed E-state index contributed by atoms with van der Waals surface area (Å²) in [4.78, 5) is 18.9. The molecule has 1 aliphatic rings. The summed E-state index contributed by atoms with van der Waals surface area (Å²) in [5.41, 5.74) is 2.36. The zero-order chi connectivity index (χ0) is 14.7. The Labute approximate surface area is 129 Å². The molecule has 110 valence electrons. The summed E-state index contributed by atoms with van der Waals surface area (Å²) in [5, 5.41) is 2.93. The summed E-state index contributed by atoms with van der Waals surface area (Å²) in [6.07, 6.45) is 9.04. The average molecular weight is 300 g/mol. The number of rotatable bonds is 2. The maximum Gasteiger partial charge on any atom is 0.266 e. The number of aromatic nitrogens is 1. The molecule has 0 unspecified atom stereocenters. The van der Waals surface area contributed by atoms with Gasteiger partial charge in [-0.1, -0.05) is 18.9 Å². The van der Waals surface area contributed by atoms with E-state index in [4.69, 9.17) is 0 Å². The third-order valence-corrected chi connectivity index (χ3v) is 5.20. The summed E-state index contributed by atoms with van der Waals surface area (Å²) in [6.45, 7) is 1.95. The van der Waals surface area contributed by atoms with Crippen LogP contribution in [0.2, 0.25) is 0 Å². The molecule has 2 aromatic heterocycles. The van der Waals surface area contributed by atoms with E-state index in [2.05, 4.69) is 16.4 Å². The van der Waals surface area contributed by atoms with Crippen molar-refractivity contribution in [2.45, 2.75) is 45.4 Å². The van der Waals surface area contributed by atoms with Crippen molar-refractivity contribution in [2.24, 2.45) is 0 Å². The van der Waals surface area contributed by atoms with Gasteiger partial charge < -0.3 is 5.32 Å². The van der Waals surface area contributed by atoms with Crippen molar-refractivity contribution in [3.05, 3.63) is 45.3 Å². The number of hydrogen-bond acceptors (Lipinski definition) is 3. The summed E-state index contributed by atoms with van der Waals surface area (Å²) in [6, 6.07) is 5.91. The van der Waals surface area contributed by atoms with E-state index >= 15 is 0 Å². The lowest BCUT2D eigenvalue weighted by Gasteiger charge is -2.07. The summed E-state index contributed by atoms with van der Waals surface area (Å²) < 4.78 is 0. The number of thiophene rings is 1. The molecule has 1 N–H and O–H groups in total. The van der Waals surface area contributed by atoms with Gasteiger partial charge in [0.15, 0.2) is 0 Å². The molecule has 0 saturated heterocycles. The topological polar surface area (TPSA) is 42.0 Å². The number of hydrogen-bond donors (Lipinski definition) is 1. The number of carbonyl (C=O) groups excluding carboxylic acids is 1. The van der Waals surface area contributed by atoms with E-state index in [1.54, 1.807) is 17.5 Å². The second kappa shape index (κ2) is 6.39. The van der Waals surface area contributed by atoms with Gasteiger partial charge >= 0.3 is 0 Å². The minimum atomic E-state index is -0.0338. The van der Waals surface area contributed by atoms with Crippen LogP contribution in [-0.4, -0.2) is 10.9 Å². The van der Waals surface area contributed by atoms with E-state index in [-0.39, 0.29) is 5.91 Å². The van der Waals surface area contributed by atoms with Crippen molar-refractivity contribution in [3.8, 4) is 0 Å². The summed E-state index contributed by atoms with van der Waals surface area (Å²) in [5.74, 6) is 0.622. The summed E-state index contributed by atoms with van der Waals surface area (Å²) in [7, 11) is 0. The molecular weight excluding hydrogens is 280 g/mol. The van der Waals surface area contributed by atoms with Gasteiger partial charge in [-0.05, 0) is 55.9 Å². The molecule has 4 heteroatoms. The zero-order valence-electron chi connectivity index (χ0n) is 12.3. The number of fused-ring (bicyclic) bond motifs is 1. The Kier molecular flexibility index (Phi) is 4.34. The number of anilines is 1. The molecule has 21 heavy (non-hydrogen) atoms. The van der Waals surface area contributed by atoms with Crippen LogP contribution in [0, 0.1) is 6.92 Å². The SMILES string of the molecule is Cc1cccnc1NC(=O)c1cc2c(s1)CCCCCC2.